The monoisotopic (exact) mass is 430 g/mol. The van der Waals surface area contributed by atoms with Gasteiger partial charge in [0, 0.05) is 18.0 Å². The van der Waals surface area contributed by atoms with Crippen molar-refractivity contribution in [3.63, 3.8) is 0 Å². The summed E-state index contributed by atoms with van der Waals surface area (Å²) in [5.74, 6) is 1.82. The highest BCUT2D eigenvalue weighted by atomic mass is 16.5. The Morgan fingerprint density at radius 1 is 1.00 bits per heavy atom. The van der Waals surface area contributed by atoms with Crippen molar-refractivity contribution < 1.29 is 9.53 Å². The lowest BCUT2D eigenvalue weighted by Gasteiger charge is -2.15. The van der Waals surface area contributed by atoms with Crippen molar-refractivity contribution in [3.8, 4) is 28.1 Å². The maximum Gasteiger partial charge on any atom is 0.219 e. The molecule has 2 atom stereocenters. The van der Waals surface area contributed by atoms with Gasteiger partial charge in [-0.3, -0.25) is 4.79 Å². The quantitative estimate of drug-likeness (QED) is 0.545. The smallest absolute Gasteiger partial charge is 0.219 e. The summed E-state index contributed by atoms with van der Waals surface area (Å²) in [7, 11) is 0. The van der Waals surface area contributed by atoms with E-state index in [-0.39, 0.29) is 18.0 Å². The van der Waals surface area contributed by atoms with Gasteiger partial charge < -0.3 is 10.1 Å². The number of benzene rings is 2. The molecule has 5 rings (SSSR count). The molecule has 1 amide bonds. The van der Waals surface area contributed by atoms with Crippen LogP contribution in [0.3, 0.4) is 0 Å². The molecule has 2 aliphatic rings. The number of ether oxygens (including phenoxy) is 1. The second-order valence-corrected chi connectivity index (χ2v) is 9.00. The lowest BCUT2D eigenvalue weighted by atomic mass is 10.0. The summed E-state index contributed by atoms with van der Waals surface area (Å²) < 4.78 is 7.87. The summed E-state index contributed by atoms with van der Waals surface area (Å²) in [6.07, 6.45) is 7.84. The molecule has 1 aromatic heterocycles. The van der Waals surface area contributed by atoms with Crippen LogP contribution in [0.5, 0.6) is 5.75 Å². The van der Waals surface area contributed by atoms with Gasteiger partial charge in [-0.2, -0.15) is 0 Å². The average Bonchev–Trinajstić information content (AvgIpc) is 3.33. The molecular formula is C26H30N4O2. The van der Waals surface area contributed by atoms with Gasteiger partial charge in [-0.15, -0.1) is 5.10 Å². The molecule has 6 heteroatoms. The van der Waals surface area contributed by atoms with E-state index in [2.05, 4.69) is 64.2 Å². The van der Waals surface area contributed by atoms with Crippen molar-refractivity contribution in [1.29, 1.82) is 0 Å². The van der Waals surface area contributed by atoms with Crippen LogP contribution in [-0.4, -0.2) is 33.5 Å². The van der Waals surface area contributed by atoms with Crippen molar-refractivity contribution in [1.82, 2.24) is 20.3 Å². The fourth-order valence-corrected chi connectivity index (χ4v) is 4.44. The van der Waals surface area contributed by atoms with Gasteiger partial charge in [-0.1, -0.05) is 48.5 Å². The molecule has 0 saturated heterocycles. The van der Waals surface area contributed by atoms with Gasteiger partial charge in [0.1, 0.15) is 5.75 Å². The van der Waals surface area contributed by atoms with Gasteiger partial charge >= 0.3 is 0 Å². The zero-order valence-electron chi connectivity index (χ0n) is 18.5. The van der Waals surface area contributed by atoms with Gasteiger partial charge in [0.25, 0.3) is 0 Å². The maximum absolute atomic E-state index is 11.7. The number of rotatable bonds is 8. The summed E-state index contributed by atoms with van der Waals surface area (Å²) in [5, 5.41) is 11.7. The highest BCUT2D eigenvalue weighted by molar-refractivity contribution is 5.75. The summed E-state index contributed by atoms with van der Waals surface area (Å²) in [5.41, 5.74) is 4.47. The predicted octanol–water partition coefficient (Wildman–Crippen LogP) is 5.02. The van der Waals surface area contributed by atoms with Crippen LogP contribution < -0.4 is 10.1 Å². The largest absolute Gasteiger partial charge is 0.493 e. The molecule has 0 spiro atoms. The van der Waals surface area contributed by atoms with Crippen LogP contribution in [0, 0.1) is 5.92 Å². The van der Waals surface area contributed by atoms with Crippen LogP contribution in [0.4, 0.5) is 0 Å². The molecule has 0 bridgehead atoms. The first-order valence-electron chi connectivity index (χ1n) is 11.7. The lowest BCUT2D eigenvalue weighted by Crippen LogP contribution is -2.32. The number of nitrogens with zero attached hydrogens (tertiary/aromatic N) is 3. The molecule has 0 radical (unpaired) electrons. The minimum atomic E-state index is 0.118. The van der Waals surface area contributed by atoms with E-state index >= 15 is 0 Å². The number of carbonyl (C=O) groups excluding carboxylic acids is 1. The highest BCUT2D eigenvalue weighted by Gasteiger charge is 2.29. The van der Waals surface area contributed by atoms with Gasteiger partial charge in [0.15, 0.2) is 0 Å². The van der Waals surface area contributed by atoms with E-state index in [1.54, 1.807) is 0 Å². The Labute approximate surface area is 189 Å². The molecule has 2 aliphatic carbocycles. The van der Waals surface area contributed by atoms with E-state index in [1.807, 2.05) is 17.8 Å². The highest BCUT2D eigenvalue weighted by Crippen LogP contribution is 2.34. The maximum atomic E-state index is 11.7. The Morgan fingerprint density at radius 3 is 2.38 bits per heavy atom. The van der Waals surface area contributed by atoms with Crippen LogP contribution in [0.2, 0.25) is 0 Å². The molecule has 2 aromatic carbocycles. The molecule has 0 unspecified atom stereocenters. The number of hydrogen-bond donors (Lipinski definition) is 1. The zero-order chi connectivity index (χ0) is 21.9. The third-order valence-electron chi connectivity index (χ3n) is 6.56. The minimum absolute atomic E-state index is 0.118. The number of carbonyl (C=O) groups is 1. The molecule has 32 heavy (non-hydrogen) atoms. The van der Waals surface area contributed by atoms with Crippen LogP contribution in [-0.2, 0) is 4.79 Å². The fourth-order valence-electron chi connectivity index (χ4n) is 4.44. The summed E-state index contributed by atoms with van der Waals surface area (Å²) in [4.78, 5) is 11.7. The van der Waals surface area contributed by atoms with E-state index in [9.17, 15) is 4.79 Å². The first kappa shape index (κ1) is 20.7. The van der Waals surface area contributed by atoms with E-state index in [4.69, 9.17) is 4.74 Å². The Hall–Kier alpha value is -3.15. The summed E-state index contributed by atoms with van der Waals surface area (Å²) in [6.45, 7) is 2.72. The molecule has 2 saturated carbocycles. The van der Waals surface area contributed by atoms with E-state index in [1.165, 1.54) is 24.0 Å². The van der Waals surface area contributed by atoms with Crippen molar-refractivity contribution in [3.05, 3.63) is 54.7 Å². The SMILES string of the molecule is CCC(=O)N[C@H]1CC[C@@H](n2nncc2-c2ccc(-c3ccc(OCC4CC4)cc3)cc2)C1. The molecule has 2 fully saturated rings. The predicted molar refractivity (Wildman–Crippen MR) is 124 cm³/mol. The summed E-state index contributed by atoms with van der Waals surface area (Å²) >= 11 is 0. The summed E-state index contributed by atoms with van der Waals surface area (Å²) in [6, 6.07) is 17.4. The molecular weight excluding hydrogens is 400 g/mol. The molecule has 1 N–H and O–H groups in total. The number of nitrogens with one attached hydrogen (secondary N) is 1. The fraction of sp³-hybridized carbons (Fsp3) is 0.423. The molecule has 1 heterocycles. The Bertz CT molecular complexity index is 1050. The zero-order valence-corrected chi connectivity index (χ0v) is 18.5. The number of hydrogen-bond acceptors (Lipinski definition) is 4. The normalized spacial score (nSPS) is 20.3. The molecule has 166 valence electrons. The van der Waals surface area contributed by atoms with E-state index < -0.39 is 0 Å². The van der Waals surface area contributed by atoms with Crippen LogP contribution in [0.25, 0.3) is 22.4 Å². The molecule has 0 aliphatic heterocycles. The van der Waals surface area contributed by atoms with Crippen molar-refractivity contribution in [2.45, 2.75) is 57.5 Å². The van der Waals surface area contributed by atoms with Crippen LogP contribution in [0.1, 0.15) is 51.5 Å². The van der Waals surface area contributed by atoms with Gasteiger partial charge in [0.2, 0.25) is 5.91 Å². The second kappa shape index (κ2) is 9.15. The number of amides is 1. The van der Waals surface area contributed by atoms with Crippen molar-refractivity contribution >= 4 is 5.91 Å². The first-order valence-corrected chi connectivity index (χ1v) is 11.7. The van der Waals surface area contributed by atoms with E-state index in [0.29, 0.717) is 6.42 Å². The standard InChI is InChI=1S/C26H30N4O2/c1-2-26(31)28-22-11-12-23(15-22)30-25(16-27-29-30)21-7-5-19(6-8-21)20-9-13-24(14-10-20)32-17-18-3-4-18/h5-10,13-14,16,18,22-23H,2-4,11-12,15,17H2,1H3,(H,28,31)/t22-,23+/m0/s1. The Balaban J connectivity index is 1.26. The molecule has 3 aromatic rings. The van der Waals surface area contributed by atoms with Crippen molar-refractivity contribution in [2.24, 2.45) is 5.92 Å². The van der Waals surface area contributed by atoms with Crippen LogP contribution >= 0.6 is 0 Å². The second-order valence-electron chi connectivity index (χ2n) is 9.00. The van der Waals surface area contributed by atoms with Gasteiger partial charge in [-0.05, 0) is 61.3 Å². The van der Waals surface area contributed by atoms with Crippen LogP contribution in [0.15, 0.2) is 54.7 Å². The first-order chi connectivity index (χ1) is 15.7. The average molecular weight is 431 g/mol. The Morgan fingerprint density at radius 2 is 1.69 bits per heavy atom. The van der Waals surface area contributed by atoms with Crippen molar-refractivity contribution in [2.75, 3.05) is 6.61 Å². The molecule has 6 nitrogen and oxygen atoms in total. The number of aromatic nitrogens is 3. The lowest BCUT2D eigenvalue weighted by molar-refractivity contribution is -0.121. The third-order valence-corrected chi connectivity index (χ3v) is 6.56. The van der Waals surface area contributed by atoms with Gasteiger partial charge in [-0.25, -0.2) is 4.68 Å². The topological polar surface area (TPSA) is 69.0 Å². The Kier molecular flexibility index (Phi) is 5.93. The van der Waals surface area contributed by atoms with Gasteiger partial charge in [0.05, 0.1) is 24.5 Å². The van der Waals surface area contributed by atoms with E-state index in [0.717, 1.165) is 48.8 Å². The minimum Gasteiger partial charge on any atom is -0.493 e. The third kappa shape index (κ3) is 4.69.